The topological polar surface area (TPSA) is 80.6 Å². The largest absolute Gasteiger partial charge is 0.477 e. The Hall–Kier alpha value is -3.50. The Labute approximate surface area is 215 Å². The second-order valence-electron chi connectivity index (χ2n) is 9.20. The fourth-order valence-electron chi connectivity index (χ4n) is 4.73. The molecule has 1 aliphatic heterocycles. The molecule has 10 heteroatoms. The van der Waals surface area contributed by atoms with Crippen molar-refractivity contribution < 1.29 is 23.0 Å². The standard InChI is InChI=1S/C27H33F2N5O3/c1-5-37-26-18(3)25(34(32-26)20-9-7-6-8-10-20)31-27(35)30-24-15-33(17(2)16-36-4)14-21(24)19-11-12-22(28)23(29)13-19/h6-13,17,21,24H,5,14-16H2,1-4H3,(H2,30,31,35)/t17?,21-,24+/m0/s1. The molecule has 0 radical (unpaired) electrons. The number of aromatic nitrogens is 2. The van der Waals surface area contributed by atoms with E-state index in [1.165, 1.54) is 6.07 Å². The molecule has 198 valence electrons. The summed E-state index contributed by atoms with van der Waals surface area (Å²) in [5.74, 6) is -1.13. The van der Waals surface area contributed by atoms with Crippen LogP contribution in [-0.2, 0) is 4.74 Å². The van der Waals surface area contributed by atoms with Crippen molar-refractivity contribution in [1.29, 1.82) is 0 Å². The van der Waals surface area contributed by atoms with E-state index in [0.29, 0.717) is 49.1 Å². The third kappa shape index (κ3) is 5.91. The minimum atomic E-state index is -0.907. The number of amides is 2. The molecule has 1 saturated heterocycles. The zero-order valence-corrected chi connectivity index (χ0v) is 21.5. The fourth-order valence-corrected chi connectivity index (χ4v) is 4.73. The Kier molecular flexibility index (Phi) is 8.40. The molecular formula is C27H33F2N5O3. The number of anilines is 1. The SMILES string of the molecule is CCOc1nn(-c2ccccc2)c(NC(=O)N[C@@H]2CN(C(C)COC)C[C@H]2c2ccc(F)c(F)c2)c1C. The van der Waals surface area contributed by atoms with E-state index in [1.807, 2.05) is 51.1 Å². The van der Waals surface area contributed by atoms with Gasteiger partial charge in [0.25, 0.3) is 0 Å². The smallest absolute Gasteiger partial charge is 0.320 e. The van der Waals surface area contributed by atoms with E-state index in [-0.39, 0.29) is 18.0 Å². The summed E-state index contributed by atoms with van der Waals surface area (Å²) in [6.45, 7) is 7.78. The van der Waals surface area contributed by atoms with Crippen LogP contribution >= 0.6 is 0 Å². The van der Waals surface area contributed by atoms with Gasteiger partial charge < -0.3 is 14.8 Å². The van der Waals surface area contributed by atoms with Gasteiger partial charge in [0, 0.05) is 32.2 Å². The number of hydrogen-bond donors (Lipinski definition) is 2. The van der Waals surface area contributed by atoms with Crippen molar-refractivity contribution in [2.24, 2.45) is 0 Å². The van der Waals surface area contributed by atoms with Gasteiger partial charge in [0.05, 0.1) is 30.5 Å². The number of ether oxygens (including phenoxy) is 2. The van der Waals surface area contributed by atoms with Gasteiger partial charge in [0.15, 0.2) is 11.6 Å². The van der Waals surface area contributed by atoms with Gasteiger partial charge in [-0.15, -0.1) is 5.10 Å². The summed E-state index contributed by atoms with van der Waals surface area (Å²) in [6.07, 6.45) is 0. The van der Waals surface area contributed by atoms with E-state index in [2.05, 4.69) is 20.6 Å². The summed E-state index contributed by atoms with van der Waals surface area (Å²) in [4.78, 5) is 15.5. The highest BCUT2D eigenvalue weighted by atomic mass is 19.2. The zero-order valence-electron chi connectivity index (χ0n) is 21.5. The van der Waals surface area contributed by atoms with E-state index in [1.54, 1.807) is 17.9 Å². The number of benzene rings is 2. The lowest BCUT2D eigenvalue weighted by atomic mass is 9.94. The summed E-state index contributed by atoms with van der Waals surface area (Å²) >= 11 is 0. The summed E-state index contributed by atoms with van der Waals surface area (Å²) < 4.78 is 40.3. The van der Waals surface area contributed by atoms with Crippen molar-refractivity contribution in [3.8, 4) is 11.6 Å². The van der Waals surface area contributed by atoms with Gasteiger partial charge in [-0.1, -0.05) is 24.3 Å². The number of urea groups is 1. The third-order valence-electron chi connectivity index (χ3n) is 6.66. The van der Waals surface area contributed by atoms with Gasteiger partial charge in [-0.05, 0) is 50.6 Å². The molecule has 2 heterocycles. The van der Waals surface area contributed by atoms with Crippen molar-refractivity contribution in [2.75, 3.05) is 38.7 Å². The summed E-state index contributed by atoms with van der Waals surface area (Å²) in [5.41, 5.74) is 2.09. The number of nitrogens with zero attached hydrogens (tertiary/aromatic N) is 3. The van der Waals surface area contributed by atoms with Gasteiger partial charge in [0.2, 0.25) is 5.88 Å². The highest BCUT2D eigenvalue weighted by Gasteiger charge is 2.37. The van der Waals surface area contributed by atoms with Crippen LogP contribution in [0.1, 0.15) is 30.9 Å². The van der Waals surface area contributed by atoms with E-state index in [4.69, 9.17) is 9.47 Å². The Balaban J connectivity index is 1.58. The Bertz CT molecular complexity index is 1220. The minimum Gasteiger partial charge on any atom is -0.477 e. The van der Waals surface area contributed by atoms with Gasteiger partial charge in [-0.2, -0.15) is 0 Å². The number of carbonyl (C=O) groups excluding carboxylic acids is 1. The van der Waals surface area contributed by atoms with E-state index < -0.39 is 17.7 Å². The van der Waals surface area contributed by atoms with E-state index >= 15 is 0 Å². The van der Waals surface area contributed by atoms with Crippen molar-refractivity contribution in [2.45, 2.75) is 38.8 Å². The summed E-state index contributed by atoms with van der Waals surface area (Å²) in [6, 6.07) is 12.7. The number of rotatable bonds is 9. The maximum absolute atomic E-state index is 14.1. The maximum atomic E-state index is 14.1. The van der Waals surface area contributed by atoms with Crippen LogP contribution in [0.2, 0.25) is 0 Å². The molecule has 2 amide bonds. The van der Waals surface area contributed by atoms with E-state index in [9.17, 15) is 13.6 Å². The first-order valence-corrected chi connectivity index (χ1v) is 12.4. The number of halogens is 2. The zero-order chi connectivity index (χ0) is 26.5. The number of likely N-dealkylation sites (tertiary alicyclic amines) is 1. The lowest BCUT2D eigenvalue weighted by molar-refractivity contribution is 0.113. The lowest BCUT2D eigenvalue weighted by Gasteiger charge is -2.23. The molecule has 4 rings (SSSR count). The summed E-state index contributed by atoms with van der Waals surface area (Å²) in [5, 5.41) is 10.5. The van der Waals surface area contributed by atoms with Crippen LogP contribution in [0.15, 0.2) is 48.5 Å². The molecule has 0 bridgehead atoms. The molecule has 0 saturated carbocycles. The molecule has 3 aromatic rings. The van der Waals surface area contributed by atoms with Crippen molar-refractivity contribution >= 4 is 11.8 Å². The number of para-hydroxylation sites is 1. The van der Waals surface area contributed by atoms with Crippen LogP contribution in [0.3, 0.4) is 0 Å². The lowest BCUT2D eigenvalue weighted by Crippen LogP contribution is -2.43. The van der Waals surface area contributed by atoms with Crippen LogP contribution in [0.25, 0.3) is 5.69 Å². The van der Waals surface area contributed by atoms with Crippen LogP contribution in [0.5, 0.6) is 5.88 Å². The average Bonchev–Trinajstić information content (AvgIpc) is 3.43. The molecule has 1 unspecified atom stereocenters. The first-order chi connectivity index (χ1) is 17.8. The molecule has 3 atom stereocenters. The van der Waals surface area contributed by atoms with Crippen LogP contribution in [0, 0.1) is 18.6 Å². The molecule has 8 nitrogen and oxygen atoms in total. The van der Waals surface area contributed by atoms with Gasteiger partial charge >= 0.3 is 6.03 Å². The first kappa shape index (κ1) is 26.6. The predicted molar refractivity (Wildman–Crippen MR) is 137 cm³/mol. The minimum absolute atomic E-state index is 0.0863. The highest BCUT2D eigenvalue weighted by Crippen LogP contribution is 2.31. The molecule has 0 spiro atoms. The number of nitrogens with one attached hydrogen (secondary N) is 2. The Morgan fingerprint density at radius 2 is 1.92 bits per heavy atom. The Morgan fingerprint density at radius 3 is 2.59 bits per heavy atom. The Morgan fingerprint density at radius 1 is 1.16 bits per heavy atom. The highest BCUT2D eigenvalue weighted by molar-refractivity contribution is 5.90. The molecule has 0 aliphatic carbocycles. The van der Waals surface area contributed by atoms with Crippen LogP contribution < -0.4 is 15.4 Å². The fraction of sp³-hybridized carbons (Fsp3) is 0.407. The molecule has 1 aromatic heterocycles. The normalized spacial score (nSPS) is 18.5. The number of carbonyl (C=O) groups is 1. The molecular weight excluding hydrogens is 480 g/mol. The second kappa shape index (κ2) is 11.7. The number of hydrogen-bond acceptors (Lipinski definition) is 5. The summed E-state index contributed by atoms with van der Waals surface area (Å²) in [7, 11) is 1.64. The maximum Gasteiger partial charge on any atom is 0.320 e. The predicted octanol–water partition coefficient (Wildman–Crippen LogP) is 4.48. The van der Waals surface area contributed by atoms with Gasteiger partial charge in [-0.25, -0.2) is 18.3 Å². The van der Waals surface area contributed by atoms with Crippen LogP contribution in [0.4, 0.5) is 19.4 Å². The quantitative estimate of drug-likeness (QED) is 0.441. The second-order valence-corrected chi connectivity index (χ2v) is 9.20. The first-order valence-electron chi connectivity index (χ1n) is 12.4. The molecule has 2 aromatic carbocycles. The third-order valence-corrected chi connectivity index (χ3v) is 6.66. The molecule has 1 aliphatic rings. The van der Waals surface area contributed by atoms with Crippen molar-refractivity contribution in [3.05, 3.63) is 71.3 Å². The number of methoxy groups -OCH3 is 1. The molecule has 2 N–H and O–H groups in total. The van der Waals surface area contributed by atoms with Gasteiger partial charge in [-0.3, -0.25) is 10.2 Å². The van der Waals surface area contributed by atoms with Gasteiger partial charge in [0.1, 0.15) is 5.82 Å². The molecule has 1 fully saturated rings. The van der Waals surface area contributed by atoms with E-state index in [0.717, 1.165) is 11.8 Å². The molecule has 37 heavy (non-hydrogen) atoms. The van der Waals surface area contributed by atoms with Crippen molar-refractivity contribution in [3.63, 3.8) is 0 Å². The van der Waals surface area contributed by atoms with Crippen molar-refractivity contribution in [1.82, 2.24) is 20.0 Å². The average molecular weight is 514 g/mol. The van der Waals surface area contributed by atoms with Crippen LogP contribution in [-0.4, -0.2) is 66.2 Å². The monoisotopic (exact) mass is 513 g/mol.